The molecule has 1 aromatic rings. The summed E-state index contributed by atoms with van der Waals surface area (Å²) in [5.41, 5.74) is 2.81. The topological polar surface area (TPSA) is 48.9 Å². The fraction of sp³-hybridized carbons (Fsp3) is 0.588. The van der Waals surface area contributed by atoms with Gasteiger partial charge in [-0.1, -0.05) is 18.2 Å². The number of nitrogens with one attached hydrogen (secondary N) is 2. The first-order chi connectivity index (χ1) is 10.8. The van der Waals surface area contributed by atoms with Crippen LogP contribution in [0.3, 0.4) is 0 Å². The van der Waals surface area contributed by atoms with Gasteiger partial charge >= 0.3 is 0 Å². The minimum Gasteiger partial charge on any atom is -0.383 e. The van der Waals surface area contributed by atoms with Crippen LogP contribution >= 0.6 is 0 Å². The van der Waals surface area contributed by atoms with E-state index in [0.29, 0.717) is 12.6 Å². The van der Waals surface area contributed by atoms with E-state index in [4.69, 9.17) is 9.73 Å². The Morgan fingerprint density at radius 2 is 2.18 bits per heavy atom. The summed E-state index contributed by atoms with van der Waals surface area (Å²) < 4.78 is 5.06. The second kappa shape index (κ2) is 8.63. The molecule has 1 aliphatic rings. The van der Waals surface area contributed by atoms with Crippen LogP contribution in [0, 0.1) is 0 Å². The lowest BCUT2D eigenvalue weighted by molar-refractivity contribution is 0.203. The molecular weight excluding hydrogens is 276 g/mol. The van der Waals surface area contributed by atoms with E-state index < -0.39 is 0 Å². The fourth-order valence-electron chi connectivity index (χ4n) is 2.76. The van der Waals surface area contributed by atoms with Crippen molar-refractivity contribution in [2.45, 2.75) is 26.3 Å². The molecule has 5 heteroatoms. The average Bonchev–Trinajstić information content (AvgIpc) is 2.96. The molecule has 122 valence electrons. The molecule has 0 radical (unpaired) electrons. The van der Waals surface area contributed by atoms with Crippen molar-refractivity contribution in [2.24, 2.45) is 4.99 Å². The molecule has 0 spiro atoms. The van der Waals surface area contributed by atoms with Crippen LogP contribution in [0.25, 0.3) is 0 Å². The maximum atomic E-state index is 5.06. The standard InChI is InChI=1S/C17H28N4O/c1-4-18-17(19-10-12-22-3)20-13-14(2)21-11-9-15-7-5-6-8-16(15)21/h5-8,14H,4,9-13H2,1-3H3,(H2,18,19,20). The Labute approximate surface area is 133 Å². The van der Waals surface area contributed by atoms with Gasteiger partial charge in [-0.2, -0.15) is 0 Å². The van der Waals surface area contributed by atoms with Crippen LogP contribution in [-0.4, -0.2) is 51.9 Å². The third kappa shape index (κ3) is 4.37. The van der Waals surface area contributed by atoms with E-state index in [1.54, 1.807) is 7.11 Å². The highest BCUT2D eigenvalue weighted by Crippen LogP contribution is 2.29. The lowest BCUT2D eigenvalue weighted by Gasteiger charge is -2.26. The summed E-state index contributed by atoms with van der Waals surface area (Å²) in [5.74, 6) is 0.860. The number of methoxy groups -OCH3 is 1. The van der Waals surface area contributed by atoms with Crippen molar-refractivity contribution in [3.8, 4) is 0 Å². The van der Waals surface area contributed by atoms with Gasteiger partial charge in [0, 0.05) is 38.5 Å². The maximum Gasteiger partial charge on any atom is 0.191 e. The van der Waals surface area contributed by atoms with Crippen molar-refractivity contribution < 1.29 is 4.74 Å². The van der Waals surface area contributed by atoms with E-state index in [0.717, 1.165) is 38.6 Å². The molecule has 22 heavy (non-hydrogen) atoms. The Hall–Kier alpha value is -1.75. The summed E-state index contributed by atoms with van der Waals surface area (Å²) in [6.45, 7) is 8.49. The monoisotopic (exact) mass is 304 g/mol. The van der Waals surface area contributed by atoms with Gasteiger partial charge in [0.1, 0.15) is 0 Å². The van der Waals surface area contributed by atoms with Crippen LogP contribution in [0.5, 0.6) is 0 Å². The van der Waals surface area contributed by atoms with E-state index in [2.05, 4.69) is 53.6 Å². The summed E-state index contributed by atoms with van der Waals surface area (Å²) in [7, 11) is 1.71. The zero-order valence-corrected chi connectivity index (χ0v) is 13.9. The third-order valence-corrected chi connectivity index (χ3v) is 3.91. The van der Waals surface area contributed by atoms with E-state index in [-0.39, 0.29) is 0 Å². The van der Waals surface area contributed by atoms with Crippen molar-refractivity contribution >= 4 is 11.6 Å². The Morgan fingerprint density at radius 1 is 1.36 bits per heavy atom. The van der Waals surface area contributed by atoms with Crippen LogP contribution in [0.2, 0.25) is 0 Å². The molecule has 1 unspecified atom stereocenters. The molecule has 2 N–H and O–H groups in total. The van der Waals surface area contributed by atoms with Crippen LogP contribution in [-0.2, 0) is 11.2 Å². The number of guanidine groups is 1. The predicted molar refractivity (Wildman–Crippen MR) is 92.8 cm³/mol. The fourth-order valence-corrected chi connectivity index (χ4v) is 2.76. The van der Waals surface area contributed by atoms with Gasteiger partial charge in [-0.25, -0.2) is 0 Å². The van der Waals surface area contributed by atoms with Gasteiger partial charge in [0.25, 0.3) is 0 Å². The summed E-state index contributed by atoms with van der Waals surface area (Å²) >= 11 is 0. The van der Waals surface area contributed by atoms with Crippen molar-refractivity contribution in [2.75, 3.05) is 44.8 Å². The van der Waals surface area contributed by atoms with E-state index in [1.807, 2.05) is 0 Å². The molecule has 2 rings (SSSR count). The molecule has 0 amide bonds. The number of benzene rings is 1. The summed E-state index contributed by atoms with van der Waals surface area (Å²) in [6, 6.07) is 9.06. The van der Waals surface area contributed by atoms with Crippen LogP contribution in [0.4, 0.5) is 5.69 Å². The van der Waals surface area contributed by atoms with Gasteiger partial charge in [-0.05, 0) is 31.9 Å². The summed E-state index contributed by atoms with van der Waals surface area (Å²) in [6.07, 6.45) is 1.14. The third-order valence-electron chi connectivity index (χ3n) is 3.91. The molecule has 1 aliphatic heterocycles. The Bertz CT molecular complexity index is 489. The largest absolute Gasteiger partial charge is 0.383 e. The molecule has 0 saturated heterocycles. The molecule has 0 aromatic heterocycles. The molecule has 1 aromatic carbocycles. The minimum atomic E-state index is 0.390. The van der Waals surface area contributed by atoms with Gasteiger partial charge in [0.2, 0.25) is 0 Å². The Kier molecular flexibility index (Phi) is 6.52. The highest BCUT2D eigenvalue weighted by molar-refractivity contribution is 5.79. The van der Waals surface area contributed by atoms with E-state index in [1.165, 1.54) is 11.3 Å². The number of anilines is 1. The highest BCUT2D eigenvalue weighted by atomic mass is 16.5. The van der Waals surface area contributed by atoms with Crippen molar-refractivity contribution in [1.82, 2.24) is 10.6 Å². The molecule has 0 fully saturated rings. The number of nitrogens with zero attached hydrogens (tertiary/aromatic N) is 2. The van der Waals surface area contributed by atoms with Crippen molar-refractivity contribution in [3.05, 3.63) is 29.8 Å². The first-order valence-electron chi connectivity index (χ1n) is 8.12. The van der Waals surface area contributed by atoms with E-state index in [9.17, 15) is 0 Å². The SMILES string of the molecule is CCNC(=NCC(C)N1CCc2ccccc21)NCCOC. The number of hydrogen-bond acceptors (Lipinski definition) is 3. The van der Waals surface area contributed by atoms with Crippen LogP contribution < -0.4 is 15.5 Å². The molecule has 1 atom stereocenters. The number of fused-ring (bicyclic) bond motifs is 1. The smallest absolute Gasteiger partial charge is 0.191 e. The summed E-state index contributed by atoms with van der Waals surface area (Å²) in [4.78, 5) is 7.16. The Morgan fingerprint density at radius 3 is 2.95 bits per heavy atom. The Balaban J connectivity index is 1.92. The number of ether oxygens (including phenoxy) is 1. The normalized spacial score (nSPS) is 15.6. The molecule has 5 nitrogen and oxygen atoms in total. The van der Waals surface area contributed by atoms with Gasteiger partial charge in [0.15, 0.2) is 5.96 Å². The van der Waals surface area contributed by atoms with Gasteiger partial charge < -0.3 is 20.3 Å². The zero-order valence-electron chi connectivity index (χ0n) is 13.9. The first kappa shape index (κ1) is 16.6. The highest BCUT2D eigenvalue weighted by Gasteiger charge is 2.22. The number of hydrogen-bond donors (Lipinski definition) is 2. The molecular formula is C17H28N4O. The van der Waals surface area contributed by atoms with Crippen LogP contribution in [0.1, 0.15) is 19.4 Å². The second-order valence-corrected chi connectivity index (χ2v) is 5.56. The molecule has 0 saturated carbocycles. The van der Waals surface area contributed by atoms with Crippen molar-refractivity contribution in [3.63, 3.8) is 0 Å². The number of aliphatic imine (C=N–C) groups is 1. The molecule has 0 aliphatic carbocycles. The molecule has 0 bridgehead atoms. The van der Waals surface area contributed by atoms with Gasteiger partial charge in [-0.3, -0.25) is 4.99 Å². The van der Waals surface area contributed by atoms with Gasteiger partial charge in [-0.15, -0.1) is 0 Å². The number of para-hydroxylation sites is 1. The zero-order chi connectivity index (χ0) is 15.8. The van der Waals surface area contributed by atoms with Crippen molar-refractivity contribution in [1.29, 1.82) is 0 Å². The second-order valence-electron chi connectivity index (χ2n) is 5.56. The maximum absolute atomic E-state index is 5.06. The first-order valence-corrected chi connectivity index (χ1v) is 8.12. The lowest BCUT2D eigenvalue weighted by atomic mass is 10.2. The predicted octanol–water partition coefficient (Wildman–Crippen LogP) is 1.64. The minimum absolute atomic E-state index is 0.390. The quantitative estimate of drug-likeness (QED) is 0.457. The summed E-state index contributed by atoms with van der Waals surface area (Å²) in [5, 5.41) is 6.55. The van der Waals surface area contributed by atoms with Crippen LogP contribution in [0.15, 0.2) is 29.3 Å². The van der Waals surface area contributed by atoms with E-state index >= 15 is 0 Å². The lowest BCUT2D eigenvalue weighted by Crippen LogP contribution is -2.40. The average molecular weight is 304 g/mol. The number of rotatable bonds is 7. The van der Waals surface area contributed by atoms with Gasteiger partial charge in [0.05, 0.1) is 13.2 Å². The molecule has 1 heterocycles.